The van der Waals surface area contributed by atoms with Gasteiger partial charge in [-0.3, -0.25) is 4.90 Å². The largest absolute Gasteiger partial charge is 0.378 e. The van der Waals surface area contributed by atoms with Crippen molar-refractivity contribution in [2.24, 2.45) is 0 Å². The van der Waals surface area contributed by atoms with Gasteiger partial charge in [-0.1, -0.05) is 32.9 Å². The normalized spacial score (nSPS) is 24.2. The van der Waals surface area contributed by atoms with Crippen molar-refractivity contribution in [3.8, 4) is 0 Å². The molecule has 78 valence electrons. The fourth-order valence-corrected chi connectivity index (χ4v) is 1.45. The van der Waals surface area contributed by atoms with E-state index in [0.717, 1.165) is 26.3 Å². The molecule has 1 heterocycles. The van der Waals surface area contributed by atoms with E-state index in [9.17, 15) is 0 Å². The summed E-state index contributed by atoms with van der Waals surface area (Å²) in [6.07, 6.45) is 4.31. The van der Waals surface area contributed by atoms with Gasteiger partial charge in [0.15, 0.2) is 0 Å². The number of morpholine rings is 1. The highest BCUT2D eigenvalue weighted by molar-refractivity contribution is 4.93. The summed E-state index contributed by atoms with van der Waals surface area (Å²) in [5, 5.41) is 0. The first-order valence-corrected chi connectivity index (χ1v) is 5.33. The van der Waals surface area contributed by atoms with Crippen LogP contribution < -0.4 is 0 Å². The van der Waals surface area contributed by atoms with Crippen molar-refractivity contribution in [1.82, 2.24) is 4.90 Å². The highest BCUT2D eigenvalue weighted by Gasteiger charge is 2.17. The van der Waals surface area contributed by atoms with Gasteiger partial charge < -0.3 is 4.74 Å². The van der Waals surface area contributed by atoms with E-state index in [4.69, 9.17) is 4.74 Å². The molecule has 1 rings (SSSR count). The molecular weight excluding hydrogens is 162 g/mol. The van der Waals surface area contributed by atoms with Crippen LogP contribution in [-0.4, -0.2) is 37.2 Å². The summed E-state index contributed by atoms with van der Waals surface area (Å²) in [7, 11) is 0. The molecular formula is C11H23NO. The van der Waals surface area contributed by atoms with E-state index in [1.165, 1.54) is 0 Å². The number of ether oxygens (including phenoxy) is 1. The monoisotopic (exact) mass is 185 g/mol. The Balaban J connectivity index is 0.000000671. The molecule has 1 aliphatic heterocycles. The Kier molecular flexibility index (Phi) is 8.05. The zero-order valence-electron chi connectivity index (χ0n) is 9.42. The molecule has 0 saturated carbocycles. The maximum Gasteiger partial charge on any atom is 0.0658 e. The Hall–Kier alpha value is -0.340. The summed E-state index contributed by atoms with van der Waals surface area (Å²) < 4.78 is 5.37. The van der Waals surface area contributed by atoms with Crippen molar-refractivity contribution >= 4 is 0 Å². The summed E-state index contributed by atoms with van der Waals surface area (Å²) in [6, 6.07) is 0.513. The maximum atomic E-state index is 5.37. The summed E-state index contributed by atoms with van der Waals surface area (Å²) in [5.74, 6) is 0. The molecule has 1 unspecified atom stereocenters. The van der Waals surface area contributed by atoms with E-state index in [-0.39, 0.29) is 0 Å². The van der Waals surface area contributed by atoms with E-state index in [1.54, 1.807) is 0 Å². The second kappa shape index (κ2) is 8.27. The molecule has 0 radical (unpaired) electrons. The van der Waals surface area contributed by atoms with Gasteiger partial charge >= 0.3 is 0 Å². The lowest BCUT2D eigenvalue weighted by Gasteiger charge is -2.32. The molecule has 1 atom stereocenters. The molecule has 0 aromatic carbocycles. The van der Waals surface area contributed by atoms with Gasteiger partial charge in [0, 0.05) is 6.54 Å². The summed E-state index contributed by atoms with van der Waals surface area (Å²) in [4.78, 5) is 2.43. The third-order valence-electron chi connectivity index (χ3n) is 2.10. The number of hydrogen-bond donors (Lipinski definition) is 0. The molecule has 1 fully saturated rings. The van der Waals surface area contributed by atoms with Crippen molar-refractivity contribution in [2.45, 2.75) is 33.7 Å². The minimum absolute atomic E-state index is 0.513. The molecule has 13 heavy (non-hydrogen) atoms. The van der Waals surface area contributed by atoms with E-state index in [0.29, 0.717) is 6.04 Å². The maximum absolute atomic E-state index is 5.37. The lowest BCUT2D eigenvalue weighted by atomic mass is 10.2. The first-order valence-electron chi connectivity index (χ1n) is 5.33. The first kappa shape index (κ1) is 12.7. The summed E-state index contributed by atoms with van der Waals surface area (Å²) >= 11 is 0. The van der Waals surface area contributed by atoms with Gasteiger partial charge in [-0.15, -0.1) is 0 Å². The van der Waals surface area contributed by atoms with E-state index < -0.39 is 0 Å². The number of hydrogen-bond acceptors (Lipinski definition) is 2. The SMILES string of the molecule is C/C=C/C1COCCN1CC.CC. The topological polar surface area (TPSA) is 12.5 Å². The minimum Gasteiger partial charge on any atom is -0.378 e. The second-order valence-corrected chi connectivity index (χ2v) is 2.80. The highest BCUT2D eigenvalue weighted by Crippen LogP contribution is 2.06. The van der Waals surface area contributed by atoms with E-state index in [1.807, 2.05) is 13.8 Å². The van der Waals surface area contributed by atoms with Gasteiger partial charge in [-0.2, -0.15) is 0 Å². The van der Waals surface area contributed by atoms with Gasteiger partial charge in [-0.25, -0.2) is 0 Å². The van der Waals surface area contributed by atoms with Gasteiger partial charge in [-0.05, 0) is 13.5 Å². The zero-order chi connectivity index (χ0) is 10.1. The number of rotatable bonds is 2. The Bertz CT molecular complexity index is 134. The molecule has 1 saturated heterocycles. The first-order chi connectivity index (χ1) is 6.38. The predicted octanol–water partition coefficient (Wildman–Crippen LogP) is 2.31. The molecule has 2 heteroatoms. The second-order valence-electron chi connectivity index (χ2n) is 2.80. The summed E-state index contributed by atoms with van der Waals surface area (Å²) in [6.45, 7) is 12.2. The Morgan fingerprint density at radius 1 is 1.46 bits per heavy atom. The van der Waals surface area contributed by atoms with Crippen LogP contribution in [0.2, 0.25) is 0 Å². The van der Waals surface area contributed by atoms with Crippen LogP contribution in [0.3, 0.4) is 0 Å². The molecule has 2 nitrogen and oxygen atoms in total. The van der Waals surface area contributed by atoms with Gasteiger partial charge in [0.25, 0.3) is 0 Å². The number of allylic oxidation sites excluding steroid dienone is 1. The average molecular weight is 185 g/mol. The molecule has 0 bridgehead atoms. The molecule has 0 aromatic rings. The highest BCUT2D eigenvalue weighted by atomic mass is 16.5. The number of nitrogens with zero attached hydrogens (tertiary/aromatic N) is 1. The van der Waals surface area contributed by atoms with Crippen LogP contribution in [0.5, 0.6) is 0 Å². The molecule has 1 aliphatic rings. The number of likely N-dealkylation sites (N-methyl/N-ethyl adjacent to an activating group) is 1. The Morgan fingerprint density at radius 2 is 2.15 bits per heavy atom. The lowest BCUT2D eigenvalue weighted by Crippen LogP contribution is -2.43. The van der Waals surface area contributed by atoms with Crippen molar-refractivity contribution in [1.29, 1.82) is 0 Å². The van der Waals surface area contributed by atoms with Crippen LogP contribution in [0.1, 0.15) is 27.7 Å². The quantitative estimate of drug-likeness (QED) is 0.612. The van der Waals surface area contributed by atoms with Crippen molar-refractivity contribution in [3.63, 3.8) is 0 Å². The Labute approximate surface area is 82.6 Å². The fraction of sp³-hybridized carbons (Fsp3) is 0.818. The van der Waals surface area contributed by atoms with Crippen LogP contribution in [0.25, 0.3) is 0 Å². The molecule has 0 aliphatic carbocycles. The minimum atomic E-state index is 0.513. The van der Waals surface area contributed by atoms with Crippen LogP contribution in [-0.2, 0) is 4.74 Å². The molecule has 0 aromatic heterocycles. The van der Waals surface area contributed by atoms with Crippen molar-refractivity contribution in [2.75, 3.05) is 26.3 Å². The molecule has 0 amide bonds. The smallest absolute Gasteiger partial charge is 0.0658 e. The predicted molar refractivity (Wildman–Crippen MR) is 58.0 cm³/mol. The Morgan fingerprint density at radius 3 is 2.69 bits per heavy atom. The van der Waals surface area contributed by atoms with E-state index in [2.05, 4.69) is 30.9 Å². The van der Waals surface area contributed by atoms with Gasteiger partial charge in [0.1, 0.15) is 0 Å². The van der Waals surface area contributed by atoms with Crippen molar-refractivity contribution in [3.05, 3.63) is 12.2 Å². The molecule has 0 N–H and O–H groups in total. The lowest BCUT2D eigenvalue weighted by molar-refractivity contribution is 0.0129. The molecule has 0 spiro atoms. The van der Waals surface area contributed by atoms with Crippen LogP contribution in [0, 0.1) is 0 Å². The average Bonchev–Trinajstić information content (AvgIpc) is 2.22. The van der Waals surface area contributed by atoms with Crippen LogP contribution >= 0.6 is 0 Å². The van der Waals surface area contributed by atoms with Crippen molar-refractivity contribution < 1.29 is 4.74 Å². The van der Waals surface area contributed by atoms with Gasteiger partial charge in [0.05, 0.1) is 19.3 Å². The zero-order valence-corrected chi connectivity index (χ0v) is 9.42. The van der Waals surface area contributed by atoms with Crippen LogP contribution in [0.4, 0.5) is 0 Å². The fourth-order valence-electron chi connectivity index (χ4n) is 1.45. The summed E-state index contributed by atoms with van der Waals surface area (Å²) in [5.41, 5.74) is 0. The van der Waals surface area contributed by atoms with E-state index >= 15 is 0 Å². The third kappa shape index (κ3) is 4.44. The van der Waals surface area contributed by atoms with Gasteiger partial charge in [0.2, 0.25) is 0 Å². The standard InChI is InChI=1S/C9H17NO.C2H6/c1-3-5-9-8-11-7-6-10(9)4-2;1-2/h3,5,9H,4,6-8H2,1-2H3;1-2H3/b5-3+;. The van der Waals surface area contributed by atoms with Crippen LogP contribution in [0.15, 0.2) is 12.2 Å². The third-order valence-corrected chi connectivity index (χ3v) is 2.10.